The zero-order valence-electron chi connectivity index (χ0n) is 11.3. The highest BCUT2D eigenvalue weighted by Gasteiger charge is 2.20. The van der Waals surface area contributed by atoms with Crippen LogP contribution in [-0.4, -0.2) is 18.3 Å². The number of aliphatic hydroxyl groups excluding tert-OH is 1. The molecule has 1 aromatic rings. The Morgan fingerprint density at radius 2 is 1.82 bits per heavy atom. The first kappa shape index (κ1) is 14.0. The van der Waals surface area contributed by atoms with Gasteiger partial charge in [-0.3, -0.25) is 0 Å². The predicted molar refractivity (Wildman–Crippen MR) is 74.4 cm³/mol. The van der Waals surface area contributed by atoms with E-state index in [4.69, 9.17) is 0 Å². The number of aliphatic hydroxyl groups is 1. The number of aryl methyl sites for hydroxylation is 1. The summed E-state index contributed by atoms with van der Waals surface area (Å²) < 4.78 is 0. The van der Waals surface area contributed by atoms with Crippen LogP contribution in [0.5, 0.6) is 0 Å². The van der Waals surface area contributed by atoms with Crippen LogP contribution in [-0.2, 0) is 6.42 Å². The zero-order valence-corrected chi connectivity index (χ0v) is 11.3. The summed E-state index contributed by atoms with van der Waals surface area (Å²) in [7, 11) is 0. The van der Waals surface area contributed by atoms with E-state index in [2.05, 4.69) is 50.4 Å². The van der Waals surface area contributed by atoms with Gasteiger partial charge < -0.3 is 10.4 Å². The molecule has 0 radical (unpaired) electrons. The first-order chi connectivity index (χ1) is 8.13. The van der Waals surface area contributed by atoms with Crippen molar-refractivity contribution in [3.05, 3.63) is 29.8 Å². The average molecular weight is 235 g/mol. The van der Waals surface area contributed by atoms with Crippen LogP contribution in [0, 0.1) is 5.41 Å². The molecule has 0 amide bonds. The zero-order chi connectivity index (χ0) is 12.7. The Balaban J connectivity index is 2.52. The van der Waals surface area contributed by atoms with Gasteiger partial charge in [0, 0.05) is 17.6 Å². The molecule has 1 rings (SSSR count). The van der Waals surface area contributed by atoms with E-state index in [1.54, 1.807) is 0 Å². The average Bonchev–Trinajstić information content (AvgIpc) is 2.38. The van der Waals surface area contributed by atoms with E-state index in [0.29, 0.717) is 0 Å². The largest absolute Gasteiger partial charge is 0.396 e. The molecule has 17 heavy (non-hydrogen) atoms. The Labute approximate surface area is 105 Å². The van der Waals surface area contributed by atoms with Crippen molar-refractivity contribution in [3.63, 3.8) is 0 Å². The molecule has 0 bridgehead atoms. The molecule has 0 aromatic heterocycles. The Kier molecular flexibility index (Phi) is 5.49. The summed E-state index contributed by atoms with van der Waals surface area (Å²) in [5, 5.41) is 12.7. The van der Waals surface area contributed by atoms with E-state index in [0.717, 1.165) is 25.1 Å². The lowest BCUT2D eigenvalue weighted by Crippen LogP contribution is -2.29. The summed E-state index contributed by atoms with van der Waals surface area (Å²) in [5.74, 6) is 0. The molecule has 0 saturated carbocycles. The van der Waals surface area contributed by atoms with Gasteiger partial charge in [-0.25, -0.2) is 0 Å². The van der Waals surface area contributed by atoms with Crippen molar-refractivity contribution in [1.82, 2.24) is 0 Å². The molecule has 1 unspecified atom stereocenters. The molecule has 96 valence electrons. The second-order valence-electron chi connectivity index (χ2n) is 5.12. The molecule has 0 saturated heterocycles. The highest BCUT2D eigenvalue weighted by atomic mass is 16.3. The lowest BCUT2D eigenvalue weighted by atomic mass is 9.88. The minimum Gasteiger partial charge on any atom is -0.396 e. The van der Waals surface area contributed by atoms with Crippen LogP contribution in [0.2, 0.25) is 0 Å². The maximum atomic E-state index is 9.34. The van der Waals surface area contributed by atoms with Crippen LogP contribution >= 0.6 is 0 Å². The van der Waals surface area contributed by atoms with Crippen LogP contribution in [0.3, 0.4) is 0 Å². The van der Waals surface area contributed by atoms with Crippen molar-refractivity contribution in [3.8, 4) is 0 Å². The number of hydrogen-bond donors (Lipinski definition) is 2. The van der Waals surface area contributed by atoms with E-state index in [1.807, 2.05) is 0 Å². The number of benzene rings is 1. The highest BCUT2D eigenvalue weighted by molar-refractivity contribution is 5.44. The number of rotatable bonds is 7. The summed E-state index contributed by atoms with van der Waals surface area (Å²) in [6, 6.07) is 8.60. The number of hydrogen-bond acceptors (Lipinski definition) is 2. The van der Waals surface area contributed by atoms with Gasteiger partial charge in [0.1, 0.15) is 0 Å². The van der Waals surface area contributed by atoms with Crippen LogP contribution in [0.15, 0.2) is 24.3 Å². The van der Waals surface area contributed by atoms with Crippen molar-refractivity contribution in [2.75, 3.05) is 18.5 Å². The summed E-state index contributed by atoms with van der Waals surface area (Å²) in [6.45, 7) is 7.45. The monoisotopic (exact) mass is 235 g/mol. The third-order valence-corrected chi connectivity index (χ3v) is 3.45. The van der Waals surface area contributed by atoms with Gasteiger partial charge >= 0.3 is 0 Å². The van der Waals surface area contributed by atoms with Gasteiger partial charge in [0.05, 0.1) is 6.61 Å². The Hall–Kier alpha value is -1.02. The van der Waals surface area contributed by atoms with E-state index in [1.165, 1.54) is 12.0 Å². The third kappa shape index (κ3) is 4.39. The second kappa shape index (κ2) is 6.65. The molecular weight excluding hydrogens is 210 g/mol. The first-order valence-corrected chi connectivity index (χ1v) is 6.57. The molecule has 0 aliphatic rings. The standard InChI is InChI=1S/C15H25NO/c1-4-6-13-7-9-14(10-8-13)16-11-15(3,5-2)12-17/h7-10,16-17H,4-6,11-12H2,1-3H3. The Morgan fingerprint density at radius 1 is 1.18 bits per heavy atom. The normalized spacial score (nSPS) is 14.4. The van der Waals surface area contributed by atoms with Gasteiger partial charge in [-0.2, -0.15) is 0 Å². The topological polar surface area (TPSA) is 32.3 Å². The van der Waals surface area contributed by atoms with E-state index < -0.39 is 0 Å². The molecule has 0 spiro atoms. The number of anilines is 1. The second-order valence-corrected chi connectivity index (χ2v) is 5.12. The van der Waals surface area contributed by atoms with E-state index in [9.17, 15) is 5.11 Å². The lowest BCUT2D eigenvalue weighted by molar-refractivity contribution is 0.149. The molecular formula is C15H25NO. The van der Waals surface area contributed by atoms with Crippen molar-refractivity contribution in [2.45, 2.75) is 40.0 Å². The highest BCUT2D eigenvalue weighted by Crippen LogP contribution is 2.21. The maximum absolute atomic E-state index is 9.34. The molecule has 0 aliphatic carbocycles. The predicted octanol–water partition coefficient (Wildman–Crippen LogP) is 3.46. The van der Waals surface area contributed by atoms with Crippen LogP contribution in [0.1, 0.15) is 39.2 Å². The van der Waals surface area contributed by atoms with Crippen LogP contribution < -0.4 is 5.32 Å². The van der Waals surface area contributed by atoms with E-state index >= 15 is 0 Å². The molecule has 2 heteroatoms. The Morgan fingerprint density at radius 3 is 2.29 bits per heavy atom. The van der Waals surface area contributed by atoms with Crippen molar-refractivity contribution in [2.24, 2.45) is 5.41 Å². The van der Waals surface area contributed by atoms with Crippen molar-refractivity contribution in [1.29, 1.82) is 0 Å². The van der Waals surface area contributed by atoms with Gasteiger partial charge in [0.15, 0.2) is 0 Å². The smallest absolute Gasteiger partial charge is 0.0501 e. The van der Waals surface area contributed by atoms with Gasteiger partial charge in [-0.15, -0.1) is 0 Å². The molecule has 2 N–H and O–H groups in total. The first-order valence-electron chi connectivity index (χ1n) is 6.57. The fourth-order valence-corrected chi connectivity index (χ4v) is 1.69. The van der Waals surface area contributed by atoms with Crippen LogP contribution in [0.4, 0.5) is 5.69 Å². The fraction of sp³-hybridized carbons (Fsp3) is 0.600. The number of nitrogens with one attached hydrogen (secondary N) is 1. The quantitative estimate of drug-likeness (QED) is 0.758. The molecule has 1 aromatic carbocycles. The van der Waals surface area contributed by atoms with Gasteiger partial charge in [0.25, 0.3) is 0 Å². The maximum Gasteiger partial charge on any atom is 0.0501 e. The molecule has 0 heterocycles. The van der Waals surface area contributed by atoms with Gasteiger partial charge in [0.2, 0.25) is 0 Å². The Bertz CT molecular complexity index is 314. The molecule has 2 nitrogen and oxygen atoms in total. The minimum atomic E-state index is -0.0257. The molecule has 0 aliphatic heterocycles. The third-order valence-electron chi connectivity index (χ3n) is 3.45. The summed E-state index contributed by atoms with van der Waals surface area (Å²) in [5.41, 5.74) is 2.50. The molecule has 0 fully saturated rings. The van der Waals surface area contributed by atoms with Gasteiger partial charge in [-0.1, -0.05) is 39.3 Å². The minimum absolute atomic E-state index is 0.0257. The van der Waals surface area contributed by atoms with Gasteiger partial charge in [-0.05, 0) is 30.5 Å². The summed E-state index contributed by atoms with van der Waals surface area (Å²) >= 11 is 0. The van der Waals surface area contributed by atoms with Crippen molar-refractivity contribution < 1.29 is 5.11 Å². The van der Waals surface area contributed by atoms with E-state index in [-0.39, 0.29) is 12.0 Å². The summed E-state index contributed by atoms with van der Waals surface area (Å²) in [6.07, 6.45) is 3.30. The fourth-order valence-electron chi connectivity index (χ4n) is 1.69. The van der Waals surface area contributed by atoms with Crippen LogP contribution in [0.25, 0.3) is 0 Å². The SMILES string of the molecule is CCCc1ccc(NCC(C)(CC)CO)cc1. The summed E-state index contributed by atoms with van der Waals surface area (Å²) in [4.78, 5) is 0. The molecule has 1 atom stereocenters. The van der Waals surface area contributed by atoms with Crippen molar-refractivity contribution >= 4 is 5.69 Å². The lowest BCUT2D eigenvalue weighted by Gasteiger charge is -2.26.